The minimum Gasteiger partial charge on any atom is -0.496 e. The number of hydrogen-bond acceptors (Lipinski definition) is 4. The van der Waals surface area contributed by atoms with E-state index in [0.29, 0.717) is 22.0 Å². The molecule has 0 aliphatic rings. The summed E-state index contributed by atoms with van der Waals surface area (Å²) in [6.45, 7) is 5.18. The van der Waals surface area contributed by atoms with Gasteiger partial charge < -0.3 is 14.8 Å². The largest absolute Gasteiger partial charge is 0.496 e. The van der Waals surface area contributed by atoms with Crippen LogP contribution in [0.25, 0.3) is 0 Å². The lowest BCUT2D eigenvalue weighted by Crippen LogP contribution is -2.30. The van der Waals surface area contributed by atoms with Gasteiger partial charge in [0.1, 0.15) is 5.75 Å². The Kier molecular flexibility index (Phi) is 6.04. The molecular formula is C19H20ClNO4. The first-order valence-corrected chi connectivity index (χ1v) is 8.13. The van der Waals surface area contributed by atoms with Gasteiger partial charge in [-0.1, -0.05) is 23.7 Å². The van der Waals surface area contributed by atoms with Crippen molar-refractivity contribution in [1.82, 2.24) is 0 Å². The molecule has 0 fully saturated rings. The number of methoxy groups -OCH3 is 1. The summed E-state index contributed by atoms with van der Waals surface area (Å²) >= 11 is 6.03. The zero-order valence-corrected chi connectivity index (χ0v) is 15.3. The van der Waals surface area contributed by atoms with Gasteiger partial charge in [0.15, 0.2) is 6.10 Å². The van der Waals surface area contributed by atoms with Gasteiger partial charge in [-0.2, -0.15) is 0 Å². The number of aryl methyl sites for hydroxylation is 1. The first kappa shape index (κ1) is 18.8. The highest BCUT2D eigenvalue weighted by atomic mass is 35.5. The molecule has 0 saturated carbocycles. The summed E-state index contributed by atoms with van der Waals surface area (Å²) < 4.78 is 10.4. The van der Waals surface area contributed by atoms with Crippen LogP contribution in [0.1, 0.15) is 28.4 Å². The summed E-state index contributed by atoms with van der Waals surface area (Å²) in [6, 6.07) is 10.2. The molecule has 0 bridgehead atoms. The molecule has 2 rings (SSSR count). The van der Waals surface area contributed by atoms with Gasteiger partial charge in [0.2, 0.25) is 0 Å². The van der Waals surface area contributed by atoms with E-state index in [1.54, 1.807) is 43.3 Å². The van der Waals surface area contributed by atoms with Crippen molar-refractivity contribution in [1.29, 1.82) is 0 Å². The van der Waals surface area contributed by atoms with Crippen molar-refractivity contribution in [2.24, 2.45) is 0 Å². The Bertz CT molecular complexity index is 804. The topological polar surface area (TPSA) is 64.6 Å². The van der Waals surface area contributed by atoms with E-state index in [0.717, 1.165) is 11.1 Å². The molecule has 2 aromatic carbocycles. The summed E-state index contributed by atoms with van der Waals surface area (Å²) in [5, 5.41) is 3.26. The lowest BCUT2D eigenvalue weighted by Gasteiger charge is -2.15. The Morgan fingerprint density at radius 3 is 2.56 bits per heavy atom. The van der Waals surface area contributed by atoms with E-state index in [1.807, 2.05) is 6.92 Å². The number of amides is 1. The molecule has 0 saturated heterocycles. The lowest BCUT2D eigenvalue weighted by atomic mass is 10.1. The van der Waals surface area contributed by atoms with Crippen LogP contribution in [0.3, 0.4) is 0 Å². The predicted octanol–water partition coefficient (Wildman–Crippen LogP) is 4.15. The van der Waals surface area contributed by atoms with Crippen molar-refractivity contribution < 1.29 is 19.1 Å². The lowest BCUT2D eigenvalue weighted by molar-refractivity contribution is -0.123. The summed E-state index contributed by atoms with van der Waals surface area (Å²) in [7, 11) is 1.53. The maximum atomic E-state index is 12.3. The Labute approximate surface area is 151 Å². The normalized spacial score (nSPS) is 11.6. The number of carbonyl (C=O) groups excluding carboxylic acids is 2. The minimum atomic E-state index is -0.960. The predicted molar refractivity (Wildman–Crippen MR) is 97.4 cm³/mol. The van der Waals surface area contributed by atoms with Crippen molar-refractivity contribution in [2.45, 2.75) is 26.9 Å². The number of nitrogens with one attached hydrogen (secondary N) is 1. The molecule has 25 heavy (non-hydrogen) atoms. The smallest absolute Gasteiger partial charge is 0.339 e. The second-order valence-corrected chi connectivity index (χ2v) is 6.04. The van der Waals surface area contributed by atoms with E-state index in [1.165, 1.54) is 14.0 Å². The molecule has 1 N–H and O–H groups in total. The SMILES string of the molecule is COc1cc(C(=O)O[C@@H](C)C(=O)Nc2cccc(Cl)c2C)ccc1C. The molecule has 0 aromatic heterocycles. The van der Waals surface area contributed by atoms with Crippen molar-refractivity contribution in [3.05, 3.63) is 58.1 Å². The molecule has 0 aliphatic carbocycles. The maximum Gasteiger partial charge on any atom is 0.339 e. The Morgan fingerprint density at radius 1 is 1.16 bits per heavy atom. The first-order chi connectivity index (χ1) is 11.8. The molecule has 1 amide bonds. The Hall–Kier alpha value is -2.53. The number of halogens is 1. The first-order valence-electron chi connectivity index (χ1n) is 7.75. The van der Waals surface area contributed by atoms with Crippen LogP contribution >= 0.6 is 11.6 Å². The third kappa shape index (κ3) is 4.51. The fraction of sp³-hybridized carbons (Fsp3) is 0.263. The van der Waals surface area contributed by atoms with Crippen molar-refractivity contribution in [2.75, 3.05) is 12.4 Å². The second-order valence-electron chi connectivity index (χ2n) is 5.63. The summed E-state index contributed by atoms with van der Waals surface area (Å²) in [4.78, 5) is 24.5. The van der Waals surface area contributed by atoms with Crippen LogP contribution in [0.4, 0.5) is 5.69 Å². The van der Waals surface area contributed by atoms with Gasteiger partial charge in [-0.25, -0.2) is 4.79 Å². The van der Waals surface area contributed by atoms with Crippen LogP contribution in [-0.4, -0.2) is 25.1 Å². The molecule has 132 valence electrons. The molecule has 2 aromatic rings. The Morgan fingerprint density at radius 2 is 1.88 bits per heavy atom. The third-order valence-electron chi connectivity index (χ3n) is 3.82. The number of anilines is 1. The quantitative estimate of drug-likeness (QED) is 0.812. The molecule has 0 radical (unpaired) electrons. The molecule has 0 spiro atoms. The number of esters is 1. The van der Waals surface area contributed by atoms with Gasteiger partial charge in [0.05, 0.1) is 12.7 Å². The van der Waals surface area contributed by atoms with Crippen LogP contribution in [0.5, 0.6) is 5.75 Å². The molecule has 0 unspecified atom stereocenters. The van der Waals surface area contributed by atoms with E-state index >= 15 is 0 Å². The zero-order chi connectivity index (χ0) is 18.6. The number of carbonyl (C=O) groups is 2. The van der Waals surface area contributed by atoms with E-state index in [-0.39, 0.29) is 0 Å². The highest BCUT2D eigenvalue weighted by Gasteiger charge is 2.20. The average Bonchev–Trinajstić information content (AvgIpc) is 2.59. The van der Waals surface area contributed by atoms with Crippen LogP contribution in [0.2, 0.25) is 5.02 Å². The summed E-state index contributed by atoms with van der Waals surface area (Å²) in [5.41, 5.74) is 2.55. The van der Waals surface area contributed by atoms with Crippen molar-refractivity contribution in [3.63, 3.8) is 0 Å². The standard InChI is InChI=1S/C19H20ClNO4/c1-11-8-9-14(10-17(11)24-4)19(23)25-13(3)18(22)21-16-7-5-6-15(20)12(16)2/h5-10,13H,1-4H3,(H,21,22)/t13-/m0/s1. The average molecular weight is 362 g/mol. The monoisotopic (exact) mass is 361 g/mol. The zero-order valence-electron chi connectivity index (χ0n) is 14.6. The van der Waals surface area contributed by atoms with Gasteiger partial charge in [0.25, 0.3) is 5.91 Å². The minimum absolute atomic E-state index is 0.320. The molecule has 5 nitrogen and oxygen atoms in total. The van der Waals surface area contributed by atoms with Gasteiger partial charge in [-0.05, 0) is 56.2 Å². The molecule has 1 atom stereocenters. The molecule has 0 aliphatic heterocycles. The number of hydrogen-bond donors (Lipinski definition) is 1. The fourth-order valence-corrected chi connectivity index (χ4v) is 2.38. The highest BCUT2D eigenvalue weighted by Crippen LogP contribution is 2.23. The molecule has 6 heteroatoms. The van der Waals surface area contributed by atoms with Gasteiger partial charge in [0, 0.05) is 10.7 Å². The maximum absolute atomic E-state index is 12.3. The highest BCUT2D eigenvalue weighted by molar-refractivity contribution is 6.31. The van der Waals surface area contributed by atoms with E-state index in [2.05, 4.69) is 5.32 Å². The van der Waals surface area contributed by atoms with Crippen LogP contribution in [0, 0.1) is 13.8 Å². The second kappa shape index (κ2) is 8.03. The summed E-state index contributed by atoms with van der Waals surface area (Å²) in [6.07, 6.45) is -0.960. The van der Waals surface area contributed by atoms with Gasteiger partial charge in [-0.3, -0.25) is 4.79 Å². The van der Waals surface area contributed by atoms with Gasteiger partial charge >= 0.3 is 5.97 Å². The molecule has 0 heterocycles. The molecular weight excluding hydrogens is 342 g/mol. The van der Waals surface area contributed by atoms with Crippen LogP contribution < -0.4 is 10.1 Å². The summed E-state index contributed by atoms with van der Waals surface area (Å²) in [5.74, 6) is -0.442. The van der Waals surface area contributed by atoms with Crippen LogP contribution in [0.15, 0.2) is 36.4 Å². The number of benzene rings is 2. The van der Waals surface area contributed by atoms with Crippen LogP contribution in [-0.2, 0) is 9.53 Å². The van der Waals surface area contributed by atoms with E-state index in [9.17, 15) is 9.59 Å². The van der Waals surface area contributed by atoms with E-state index < -0.39 is 18.0 Å². The fourth-order valence-electron chi connectivity index (χ4n) is 2.21. The van der Waals surface area contributed by atoms with Crippen molar-refractivity contribution >= 4 is 29.2 Å². The van der Waals surface area contributed by atoms with E-state index in [4.69, 9.17) is 21.1 Å². The Balaban J connectivity index is 2.05. The van der Waals surface area contributed by atoms with Gasteiger partial charge in [-0.15, -0.1) is 0 Å². The number of ether oxygens (including phenoxy) is 2. The van der Waals surface area contributed by atoms with Crippen molar-refractivity contribution in [3.8, 4) is 5.75 Å². The third-order valence-corrected chi connectivity index (χ3v) is 4.23. The number of rotatable bonds is 5.